The first kappa shape index (κ1) is 15.0. The SMILES string of the molecule is CC(C)(C)c1nc(N)cc(N(CCCO)C2CCC2)n1. The first-order valence-corrected chi connectivity index (χ1v) is 7.44. The Hall–Kier alpha value is -1.36. The van der Waals surface area contributed by atoms with Crippen LogP contribution in [0, 0.1) is 0 Å². The van der Waals surface area contributed by atoms with E-state index in [-0.39, 0.29) is 12.0 Å². The smallest absolute Gasteiger partial charge is 0.138 e. The van der Waals surface area contributed by atoms with Gasteiger partial charge in [0.15, 0.2) is 0 Å². The minimum atomic E-state index is -0.119. The Balaban J connectivity index is 2.29. The van der Waals surface area contributed by atoms with E-state index in [2.05, 4.69) is 30.7 Å². The van der Waals surface area contributed by atoms with Crippen molar-refractivity contribution >= 4 is 11.6 Å². The van der Waals surface area contributed by atoms with Crippen molar-refractivity contribution in [2.24, 2.45) is 0 Å². The van der Waals surface area contributed by atoms with Crippen molar-refractivity contribution in [2.45, 2.75) is 57.9 Å². The molecule has 2 rings (SSSR count). The number of aromatic nitrogens is 2. The van der Waals surface area contributed by atoms with Crippen LogP contribution in [0.4, 0.5) is 11.6 Å². The maximum Gasteiger partial charge on any atom is 0.138 e. The standard InChI is InChI=1S/C15H26N4O/c1-15(2,3)14-17-12(16)10-13(18-14)19(8-5-9-20)11-6-4-7-11/h10-11,20H,4-9H2,1-3H3,(H2,16,17,18). The minimum Gasteiger partial charge on any atom is -0.396 e. The molecule has 0 saturated heterocycles. The van der Waals surface area contributed by atoms with E-state index < -0.39 is 0 Å². The van der Waals surface area contributed by atoms with Crippen LogP contribution < -0.4 is 10.6 Å². The van der Waals surface area contributed by atoms with Gasteiger partial charge in [-0.2, -0.15) is 0 Å². The average molecular weight is 278 g/mol. The van der Waals surface area contributed by atoms with Gasteiger partial charge in [0.05, 0.1) is 0 Å². The van der Waals surface area contributed by atoms with Crippen LogP contribution in [-0.4, -0.2) is 34.3 Å². The molecular weight excluding hydrogens is 252 g/mol. The van der Waals surface area contributed by atoms with Crippen molar-refractivity contribution in [3.05, 3.63) is 11.9 Å². The molecule has 0 unspecified atom stereocenters. The molecule has 0 radical (unpaired) electrons. The summed E-state index contributed by atoms with van der Waals surface area (Å²) in [6.07, 6.45) is 4.42. The molecule has 112 valence electrons. The average Bonchev–Trinajstić information content (AvgIpc) is 2.30. The largest absolute Gasteiger partial charge is 0.396 e. The highest BCUT2D eigenvalue weighted by molar-refractivity contribution is 5.48. The molecule has 5 heteroatoms. The summed E-state index contributed by atoms with van der Waals surface area (Å²) in [6, 6.07) is 2.38. The van der Waals surface area contributed by atoms with Gasteiger partial charge in [-0.1, -0.05) is 20.8 Å². The van der Waals surface area contributed by atoms with Crippen LogP contribution in [0.25, 0.3) is 0 Å². The number of nitrogen functional groups attached to an aromatic ring is 1. The molecule has 1 aliphatic rings. The van der Waals surface area contributed by atoms with Gasteiger partial charge in [0.2, 0.25) is 0 Å². The Bertz CT molecular complexity index is 452. The second-order valence-corrected chi connectivity index (χ2v) is 6.58. The van der Waals surface area contributed by atoms with Gasteiger partial charge in [0, 0.05) is 30.7 Å². The van der Waals surface area contributed by atoms with E-state index in [0.717, 1.165) is 24.6 Å². The van der Waals surface area contributed by atoms with Gasteiger partial charge in [0.1, 0.15) is 17.5 Å². The Morgan fingerprint density at radius 1 is 1.35 bits per heavy atom. The van der Waals surface area contributed by atoms with Crippen LogP contribution >= 0.6 is 0 Å². The number of hydrogen-bond acceptors (Lipinski definition) is 5. The van der Waals surface area contributed by atoms with Crippen molar-refractivity contribution in [3.8, 4) is 0 Å². The molecule has 1 aliphatic carbocycles. The van der Waals surface area contributed by atoms with Crippen LogP contribution in [-0.2, 0) is 5.41 Å². The first-order chi connectivity index (χ1) is 9.41. The predicted octanol–water partition coefficient (Wildman–Crippen LogP) is 2.10. The summed E-state index contributed by atoms with van der Waals surface area (Å²) in [5, 5.41) is 9.09. The molecule has 1 heterocycles. The highest BCUT2D eigenvalue weighted by Crippen LogP contribution is 2.30. The van der Waals surface area contributed by atoms with Crippen LogP contribution in [0.3, 0.4) is 0 Å². The van der Waals surface area contributed by atoms with Gasteiger partial charge in [-0.05, 0) is 25.7 Å². The zero-order valence-corrected chi connectivity index (χ0v) is 12.8. The molecule has 3 N–H and O–H groups in total. The molecule has 0 aromatic carbocycles. The number of aliphatic hydroxyl groups is 1. The predicted molar refractivity (Wildman–Crippen MR) is 81.8 cm³/mol. The minimum absolute atomic E-state index is 0.119. The number of hydrogen-bond donors (Lipinski definition) is 2. The summed E-state index contributed by atoms with van der Waals surface area (Å²) >= 11 is 0. The van der Waals surface area contributed by atoms with E-state index in [0.29, 0.717) is 11.9 Å². The van der Waals surface area contributed by atoms with Crippen molar-refractivity contribution in [2.75, 3.05) is 23.8 Å². The van der Waals surface area contributed by atoms with Crippen LogP contribution in [0.1, 0.15) is 52.3 Å². The van der Waals surface area contributed by atoms with Crippen molar-refractivity contribution in [1.29, 1.82) is 0 Å². The molecule has 1 saturated carbocycles. The second-order valence-electron chi connectivity index (χ2n) is 6.58. The van der Waals surface area contributed by atoms with E-state index in [9.17, 15) is 0 Å². The van der Waals surface area contributed by atoms with Gasteiger partial charge in [-0.3, -0.25) is 0 Å². The van der Waals surface area contributed by atoms with Crippen LogP contribution in [0.15, 0.2) is 6.07 Å². The van der Waals surface area contributed by atoms with Gasteiger partial charge in [0.25, 0.3) is 0 Å². The summed E-state index contributed by atoms with van der Waals surface area (Å²) in [6.45, 7) is 7.30. The summed E-state index contributed by atoms with van der Waals surface area (Å²) in [5.41, 5.74) is 5.84. The molecule has 0 spiro atoms. The molecule has 0 atom stereocenters. The van der Waals surface area contributed by atoms with Crippen LogP contribution in [0.5, 0.6) is 0 Å². The van der Waals surface area contributed by atoms with Crippen molar-refractivity contribution < 1.29 is 5.11 Å². The normalized spacial score (nSPS) is 16.0. The number of nitrogens with two attached hydrogens (primary N) is 1. The molecule has 1 aromatic heterocycles. The van der Waals surface area contributed by atoms with E-state index >= 15 is 0 Å². The maximum atomic E-state index is 9.09. The van der Waals surface area contributed by atoms with E-state index in [1.54, 1.807) is 0 Å². The number of anilines is 2. The Morgan fingerprint density at radius 3 is 2.55 bits per heavy atom. The summed E-state index contributed by atoms with van der Waals surface area (Å²) in [4.78, 5) is 11.4. The Labute approximate surface area is 121 Å². The summed E-state index contributed by atoms with van der Waals surface area (Å²) in [7, 11) is 0. The monoisotopic (exact) mass is 278 g/mol. The van der Waals surface area contributed by atoms with E-state index in [4.69, 9.17) is 15.8 Å². The summed E-state index contributed by atoms with van der Waals surface area (Å²) < 4.78 is 0. The zero-order chi connectivity index (χ0) is 14.8. The lowest BCUT2D eigenvalue weighted by Gasteiger charge is -2.39. The molecule has 0 amide bonds. The number of aliphatic hydroxyl groups excluding tert-OH is 1. The van der Waals surface area contributed by atoms with Gasteiger partial charge < -0.3 is 15.7 Å². The second kappa shape index (κ2) is 5.95. The lowest BCUT2D eigenvalue weighted by molar-refractivity contribution is 0.282. The molecule has 0 aliphatic heterocycles. The number of nitrogens with zero attached hydrogens (tertiary/aromatic N) is 3. The maximum absolute atomic E-state index is 9.09. The Morgan fingerprint density at radius 2 is 2.05 bits per heavy atom. The Kier molecular flexibility index (Phi) is 4.48. The third kappa shape index (κ3) is 3.39. The molecule has 20 heavy (non-hydrogen) atoms. The fraction of sp³-hybridized carbons (Fsp3) is 0.733. The summed E-state index contributed by atoms with van der Waals surface area (Å²) in [5.74, 6) is 2.20. The third-order valence-corrected chi connectivity index (χ3v) is 3.77. The molecule has 1 fully saturated rings. The number of rotatable bonds is 5. The zero-order valence-electron chi connectivity index (χ0n) is 12.8. The topological polar surface area (TPSA) is 75.3 Å². The fourth-order valence-electron chi connectivity index (χ4n) is 2.36. The molecule has 5 nitrogen and oxygen atoms in total. The van der Waals surface area contributed by atoms with Gasteiger partial charge in [-0.25, -0.2) is 9.97 Å². The van der Waals surface area contributed by atoms with E-state index in [1.807, 2.05) is 6.07 Å². The highest BCUT2D eigenvalue weighted by Gasteiger charge is 2.27. The highest BCUT2D eigenvalue weighted by atomic mass is 16.3. The quantitative estimate of drug-likeness (QED) is 0.862. The van der Waals surface area contributed by atoms with Crippen LogP contribution in [0.2, 0.25) is 0 Å². The fourth-order valence-corrected chi connectivity index (χ4v) is 2.36. The van der Waals surface area contributed by atoms with Gasteiger partial charge in [-0.15, -0.1) is 0 Å². The molecule has 0 bridgehead atoms. The molecule has 1 aromatic rings. The van der Waals surface area contributed by atoms with E-state index in [1.165, 1.54) is 19.3 Å². The lowest BCUT2D eigenvalue weighted by Crippen LogP contribution is -2.42. The molecular formula is C15H26N4O. The third-order valence-electron chi connectivity index (χ3n) is 3.77. The van der Waals surface area contributed by atoms with Gasteiger partial charge >= 0.3 is 0 Å². The van der Waals surface area contributed by atoms with Crippen molar-refractivity contribution in [1.82, 2.24) is 9.97 Å². The first-order valence-electron chi connectivity index (χ1n) is 7.44. The van der Waals surface area contributed by atoms with Crippen molar-refractivity contribution in [3.63, 3.8) is 0 Å². The lowest BCUT2D eigenvalue weighted by atomic mass is 9.91.